The van der Waals surface area contributed by atoms with Gasteiger partial charge in [0.05, 0.1) is 5.38 Å². The summed E-state index contributed by atoms with van der Waals surface area (Å²) in [5.41, 5.74) is 4.58. The van der Waals surface area contributed by atoms with E-state index in [2.05, 4.69) is 38.1 Å². The standard InChI is InChI=1S/C18H20Cl2/c1-12(2)10-14-5-8-15(9-6-14)18(20)16-7-4-13(3)17(19)11-16/h4-9,11-12,18H,10H2,1-3H3. The Kier molecular flexibility index (Phi) is 5.12. The van der Waals surface area contributed by atoms with Gasteiger partial charge in [0.1, 0.15) is 0 Å². The Morgan fingerprint density at radius 3 is 2.10 bits per heavy atom. The van der Waals surface area contributed by atoms with Gasteiger partial charge >= 0.3 is 0 Å². The van der Waals surface area contributed by atoms with Crippen LogP contribution in [0, 0.1) is 12.8 Å². The van der Waals surface area contributed by atoms with Gasteiger partial charge in [-0.05, 0) is 47.6 Å². The summed E-state index contributed by atoms with van der Waals surface area (Å²) in [6, 6.07) is 14.6. The highest BCUT2D eigenvalue weighted by Crippen LogP contribution is 2.31. The molecule has 0 bridgehead atoms. The van der Waals surface area contributed by atoms with Crippen LogP contribution in [0.3, 0.4) is 0 Å². The lowest BCUT2D eigenvalue weighted by atomic mass is 9.98. The van der Waals surface area contributed by atoms with Gasteiger partial charge in [-0.2, -0.15) is 0 Å². The second-order valence-corrected chi connectivity index (χ2v) is 6.55. The first-order chi connectivity index (χ1) is 9.47. The number of alkyl halides is 1. The molecular weight excluding hydrogens is 287 g/mol. The summed E-state index contributed by atoms with van der Waals surface area (Å²) in [7, 11) is 0. The number of aryl methyl sites for hydroxylation is 1. The summed E-state index contributed by atoms with van der Waals surface area (Å²) >= 11 is 12.7. The molecule has 0 nitrogen and oxygen atoms in total. The van der Waals surface area contributed by atoms with Crippen LogP contribution in [-0.2, 0) is 6.42 Å². The summed E-state index contributed by atoms with van der Waals surface area (Å²) in [5.74, 6) is 0.670. The van der Waals surface area contributed by atoms with Crippen molar-refractivity contribution >= 4 is 23.2 Å². The fraction of sp³-hybridized carbons (Fsp3) is 0.333. The Labute approximate surface area is 131 Å². The molecule has 0 saturated heterocycles. The molecule has 0 radical (unpaired) electrons. The zero-order valence-corrected chi connectivity index (χ0v) is 13.7. The molecule has 0 aliphatic heterocycles. The predicted octanol–water partition coefficient (Wildman–Crippen LogP) is 6.18. The molecule has 106 valence electrons. The number of halogens is 2. The average molecular weight is 307 g/mol. The van der Waals surface area contributed by atoms with E-state index in [9.17, 15) is 0 Å². The second kappa shape index (κ2) is 6.65. The van der Waals surface area contributed by atoms with Crippen molar-refractivity contribution in [3.8, 4) is 0 Å². The lowest BCUT2D eigenvalue weighted by molar-refractivity contribution is 0.647. The molecule has 2 aromatic carbocycles. The first kappa shape index (κ1) is 15.4. The highest BCUT2D eigenvalue weighted by molar-refractivity contribution is 6.31. The Hall–Kier alpha value is -0.980. The third-order valence-electron chi connectivity index (χ3n) is 3.40. The SMILES string of the molecule is Cc1ccc(C(Cl)c2ccc(CC(C)C)cc2)cc1Cl. The van der Waals surface area contributed by atoms with Crippen molar-refractivity contribution in [2.24, 2.45) is 5.92 Å². The molecule has 0 saturated carbocycles. The maximum absolute atomic E-state index is 6.56. The van der Waals surface area contributed by atoms with Crippen molar-refractivity contribution in [2.45, 2.75) is 32.6 Å². The maximum Gasteiger partial charge on any atom is 0.0835 e. The number of hydrogen-bond acceptors (Lipinski definition) is 0. The van der Waals surface area contributed by atoms with Crippen LogP contribution in [0.4, 0.5) is 0 Å². The molecule has 0 amide bonds. The molecule has 0 aliphatic rings. The minimum atomic E-state index is -0.152. The summed E-state index contributed by atoms with van der Waals surface area (Å²) in [6.45, 7) is 6.45. The molecule has 0 aliphatic carbocycles. The molecule has 20 heavy (non-hydrogen) atoms. The van der Waals surface area contributed by atoms with E-state index >= 15 is 0 Å². The molecular formula is C18H20Cl2. The quantitative estimate of drug-likeness (QED) is 0.592. The fourth-order valence-corrected chi connectivity index (χ4v) is 2.72. The van der Waals surface area contributed by atoms with Gasteiger partial charge in [0.2, 0.25) is 0 Å². The topological polar surface area (TPSA) is 0 Å². The maximum atomic E-state index is 6.56. The van der Waals surface area contributed by atoms with Crippen LogP contribution >= 0.6 is 23.2 Å². The molecule has 2 rings (SSSR count). The highest BCUT2D eigenvalue weighted by atomic mass is 35.5. The zero-order valence-electron chi connectivity index (χ0n) is 12.2. The molecule has 2 aromatic rings. The number of hydrogen-bond donors (Lipinski definition) is 0. The summed E-state index contributed by atoms with van der Waals surface area (Å²) in [4.78, 5) is 0. The van der Waals surface area contributed by atoms with Crippen LogP contribution in [0.15, 0.2) is 42.5 Å². The number of benzene rings is 2. The number of rotatable bonds is 4. The molecule has 1 unspecified atom stereocenters. The van der Waals surface area contributed by atoms with E-state index in [4.69, 9.17) is 23.2 Å². The molecule has 0 fully saturated rings. The van der Waals surface area contributed by atoms with Crippen molar-refractivity contribution in [2.75, 3.05) is 0 Å². The van der Waals surface area contributed by atoms with Crippen LogP contribution < -0.4 is 0 Å². The predicted molar refractivity (Wildman–Crippen MR) is 88.9 cm³/mol. The first-order valence-electron chi connectivity index (χ1n) is 6.96. The molecule has 0 spiro atoms. The van der Waals surface area contributed by atoms with Gasteiger partial charge in [0.25, 0.3) is 0 Å². The van der Waals surface area contributed by atoms with Crippen molar-refractivity contribution in [1.29, 1.82) is 0 Å². The largest absolute Gasteiger partial charge is 0.113 e. The van der Waals surface area contributed by atoms with E-state index in [1.165, 1.54) is 5.56 Å². The van der Waals surface area contributed by atoms with Gasteiger partial charge in [-0.15, -0.1) is 11.6 Å². The fourth-order valence-electron chi connectivity index (χ4n) is 2.25. The van der Waals surface area contributed by atoms with Crippen LogP contribution in [0.1, 0.15) is 41.5 Å². The van der Waals surface area contributed by atoms with Gasteiger partial charge < -0.3 is 0 Å². The minimum absolute atomic E-state index is 0.152. The van der Waals surface area contributed by atoms with E-state index in [-0.39, 0.29) is 5.38 Å². The normalized spacial score (nSPS) is 12.7. The van der Waals surface area contributed by atoms with Crippen LogP contribution in [0.5, 0.6) is 0 Å². The average Bonchev–Trinajstić information content (AvgIpc) is 2.41. The highest BCUT2D eigenvalue weighted by Gasteiger charge is 2.12. The second-order valence-electron chi connectivity index (χ2n) is 5.71. The van der Waals surface area contributed by atoms with E-state index in [0.29, 0.717) is 5.92 Å². The Bertz CT molecular complexity index is 570. The van der Waals surface area contributed by atoms with Crippen LogP contribution in [0.25, 0.3) is 0 Å². The van der Waals surface area contributed by atoms with E-state index in [1.54, 1.807) is 0 Å². The van der Waals surface area contributed by atoms with Crippen molar-refractivity contribution in [3.63, 3.8) is 0 Å². The monoisotopic (exact) mass is 306 g/mol. The Balaban J connectivity index is 2.20. The van der Waals surface area contributed by atoms with Crippen molar-refractivity contribution in [1.82, 2.24) is 0 Å². The van der Waals surface area contributed by atoms with Crippen molar-refractivity contribution < 1.29 is 0 Å². The van der Waals surface area contributed by atoms with E-state index in [1.807, 2.05) is 25.1 Å². The van der Waals surface area contributed by atoms with Crippen LogP contribution in [-0.4, -0.2) is 0 Å². The lowest BCUT2D eigenvalue weighted by Crippen LogP contribution is -1.97. The van der Waals surface area contributed by atoms with E-state index < -0.39 is 0 Å². The third-order valence-corrected chi connectivity index (χ3v) is 4.32. The molecule has 2 heteroatoms. The lowest BCUT2D eigenvalue weighted by Gasteiger charge is -2.13. The smallest absolute Gasteiger partial charge is 0.0835 e. The van der Waals surface area contributed by atoms with Crippen LogP contribution in [0.2, 0.25) is 5.02 Å². The van der Waals surface area contributed by atoms with Gasteiger partial charge in [0, 0.05) is 5.02 Å². The van der Waals surface area contributed by atoms with Crippen molar-refractivity contribution in [3.05, 3.63) is 69.7 Å². The minimum Gasteiger partial charge on any atom is -0.113 e. The van der Waals surface area contributed by atoms with Gasteiger partial charge in [-0.25, -0.2) is 0 Å². The molecule has 1 atom stereocenters. The summed E-state index contributed by atoms with van der Waals surface area (Å²) < 4.78 is 0. The summed E-state index contributed by atoms with van der Waals surface area (Å²) in [6.07, 6.45) is 1.10. The van der Waals surface area contributed by atoms with Gasteiger partial charge in [0.15, 0.2) is 0 Å². The molecule has 0 N–H and O–H groups in total. The zero-order chi connectivity index (χ0) is 14.7. The molecule has 0 heterocycles. The van der Waals surface area contributed by atoms with E-state index in [0.717, 1.165) is 28.1 Å². The Morgan fingerprint density at radius 1 is 0.950 bits per heavy atom. The van der Waals surface area contributed by atoms with Gasteiger partial charge in [-0.3, -0.25) is 0 Å². The summed E-state index contributed by atoms with van der Waals surface area (Å²) in [5, 5.41) is 0.616. The Morgan fingerprint density at radius 2 is 1.55 bits per heavy atom. The first-order valence-corrected chi connectivity index (χ1v) is 7.77. The molecule has 0 aromatic heterocycles. The third kappa shape index (κ3) is 3.77. The van der Waals surface area contributed by atoms with Gasteiger partial charge in [-0.1, -0.05) is 61.8 Å².